The molecule has 0 spiro atoms. The van der Waals surface area contributed by atoms with E-state index in [0.29, 0.717) is 12.1 Å². The Hall–Kier alpha value is -0.830. The fraction of sp³-hybridized carbons (Fsp3) is 0.500. The van der Waals surface area contributed by atoms with Gasteiger partial charge in [0.25, 0.3) is 0 Å². The first-order chi connectivity index (χ1) is 5.59. The van der Waals surface area contributed by atoms with Gasteiger partial charge in [-0.1, -0.05) is 0 Å². The molecular formula is C6H11N3. The lowest BCUT2D eigenvalue weighted by Gasteiger charge is -1.86. The second kappa shape index (κ2) is 2.64. The van der Waals surface area contributed by atoms with Crippen molar-refractivity contribution in [2.45, 2.75) is 6.42 Å². The molecule has 3 nitrogen and oxygen atoms in total. The number of rotatable bonds is 3. The summed E-state index contributed by atoms with van der Waals surface area (Å²) in [6.45, 7) is -0.861. The molecule has 1 unspecified atom stereocenters. The van der Waals surface area contributed by atoms with Gasteiger partial charge in [-0.05, 0) is 6.52 Å². The number of hydrogen-bond donors (Lipinski definition) is 1. The summed E-state index contributed by atoms with van der Waals surface area (Å²) in [7, 11) is 1.84. The number of aromatic nitrogens is 2. The van der Waals surface area contributed by atoms with Crippen molar-refractivity contribution in [1.82, 2.24) is 9.55 Å². The van der Waals surface area contributed by atoms with Crippen LogP contribution >= 0.6 is 0 Å². The summed E-state index contributed by atoms with van der Waals surface area (Å²) in [4.78, 5) is 3.99. The lowest BCUT2D eigenvalue weighted by atomic mass is 10.3. The molecule has 0 saturated carbocycles. The summed E-state index contributed by atoms with van der Waals surface area (Å²) in [5.74, 6) is 0. The van der Waals surface area contributed by atoms with Crippen molar-refractivity contribution < 1.29 is 4.19 Å². The molecule has 9 heavy (non-hydrogen) atoms. The third kappa shape index (κ3) is 1.54. The Labute approximate surface area is 58.8 Å². The fourth-order valence-electron chi connectivity index (χ4n) is 0.666. The number of nitrogens with zero attached hydrogens (tertiary/aromatic N) is 2. The molecular weight excluding hydrogens is 114 g/mol. The standard InChI is InChI=1S/C6H11N3/c1-9-4-6(2-3-7)8-5-9/h4-5H,2-3,7H2,1H3/i3D/hD2. The van der Waals surface area contributed by atoms with Crippen LogP contribution in [-0.2, 0) is 13.5 Å². The lowest BCUT2D eigenvalue weighted by molar-refractivity contribution is 0.906. The van der Waals surface area contributed by atoms with Crippen LogP contribution in [0.15, 0.2) is 12.5 Å². The second-order valence-corrected chi connectivity index (χ2v) is 1.92. The molecule has 1 aromatic heterocycles. The maximum absolute atomic E-state index is 7.28. The minimum absolute atomic E-state index is 0.313. The summed E-state index contributed by atoms with van der Waals surface area (Å²) < 4.78 is 22.7. The Balaban J connectivity index is 2.52. The molecule has 0 saturated heterocycles. The van der Waals surface area contributed by atoms with Crippen LogP contribution in [0.1, 0.15) is 7.06 Å². The smallest absolute Gasteiger partial charge is 0.118 e. The van der Waals surface area contributed by atoms with Gasteiger partial charge in [0.05, 0.1) is 12.0 Å². The van der Waals surface area contributed by atoms with Gasteiger partial charge in [0.2, 0.25) is 0 Å². The van der Waals surface area contributed by atoms with Gasteiger partial charge >= 0.3 is 0 Å². The van der Waals surface area contributed by atoms with Crippen molar-refractivity contribution in [1.29, 1.82) is 0 Å². The number of aryl methyl sites for hydroxylation is 2. The number of nitrogens with two attached hydrogens (primary N) is 1. The highest BCUT2D eigenvalue weighted by molar-refractivity contribution is 4.95. The van der Waals surface area contributed by atoms with Gasteiger partial charge < -0.3 is 10.3 Å². The summed E-state index contributed by atoms with van der Waals surface area (Å²) in [5, 5.41) is 0. The Morgan fingerprint density at radius 2 is 3.00 bits per heavy atom. The van der Waals surface area contributed by atoms with Crippen LogP contribution in [0, 0.1) is 0 Å². The summed E-state index contributed by atoms with van der Waals surface area (Å²) in [6.07, 6.45) is 3.74. The Morgan fingerprint density at radius 1 is 2.11 bits per heavy atom. The largest absolute Gasteiger partial charge is 0.340 e. The Morgan fingerprint density at radius 3 is 3.56 bits per heavy atom. The van der Waals surface area contributed by atoms with E-state index in [1.165, 1.54) is 0 Å². The molecule has 1 atom stereocenters. The van der Waals surface area contributed by atoms with Crippen LogP contribution in [0.3, 0.4) is 0 Å². The molecule has 1 aromatic rings. The van der Waals surface area contributed by atoms with E-state index < -0.39 is 6.52 Å². The van der Waals surface area contributed by atoms with Crippen molar-refractivity contribution in [3.63, 3.8) is 0 Å². The van der Waals surface area contributed by atoms with Crippen LogP contribution in [0.5, 0.6) is 0 Å². The first kappa shape index (κ1) is 3.37. The van der Waals surface area contributed by atoms with Gasteiger partial charge in [-0.15, -0.1) is 0 Å². The fourth-order valence-corrected chi connectivity index (χ4v) is 0.666. The summed E-state index contributed by atoms with van der Waals surface area (Å²) in [5.41, 5.74) is 1.11. The molecule has 0 amide bonds. The Bertz CT molecular complexity index is 248. The molecule has 50 valence electrons. The van der Waals surface area contributed by atoms with Gasteiger partial charge in [0.15, 0.2) is 0 Å². The van der Waals surface area contributed by atoms with E-state index in [9.17, 15) is 0 Å². The highest BCUT2D eigenvalue weighted by Crippen LogP contribution is 1.92. The third-order valence-corrected chi connectivity index (χ3v) is 1.06. The quantitative estimate of drug-likeness (QED) is 0.619. The molecule has 0 aliphatic carbocycles. The van der Waals surface area contributed by atoms with E-state index in [1.807, 2.05) is 7.05 Å². The van der Waals surface area contributed by atoms with Crippen molar-refractivity contribution in [2.24, 2.45) is 12.8 Å². The summed E-state index contributed by atoms with van der Waals surface area (Å²) >= 11 is 0. The van der Waals surface area contributed by atoms with Crippen LogP contribution in [0.25, 0.3) is 0 Å². The monoisotopic (exact) mass is 128 g/mol. The van der Waals surface area contributed by atoms with E-state index in [4.69, 9.17) is 4.19 Å². The molecule has 0 aromatic carbocycles. The highest BCUT2D eigenvalue weighted by Gasteiger charge is 1.91. The molecule has 1 heterocycles. The topological polar surface area (TPSA) is 43.8 Å². The predicted octanol–water partition coefficient (Wildman–Crippen LogP) is -0.0787. The van der Waals surface area contributed by atoms with Crippen LogP contribution in [0.4, 0.5) is 0 Å². The van der Waals surface area contributed by atoms with Crippen LogP contribution in [-0.4, -0.2) is 16.1 Å². The van der Waals surface area contributed by atoms with Crippen LogP contribution in [0.2, 0.25) is 2.82 Å². The van der Waals surface area contributed by atoms with E-state index in [2.05, 4.69) is 4.98 Å². The third-order valence-electron chi connectivity index (χ3n) is 1.06. The zero-order valence-electron chi connectivity index (χ0n) is 8.28. The van der Waals surface area contributed by atoms with E-state index >= 15 is 0 Å². The maximum atomic E-state index is 7.28. The normalized spacial score (nSPS) is 18.7. The molecule has 0 bridgehead atoms. The van der Waals surface area contributed by atoms with Gasteiger partial charge in [0, 0.05) is 21.0 Å². The van der Waals surface area contributed by atoms with E-state index in [0.717, 1.165) is 5.69 Å². The van der Waals surface area contributed by atoms with Crippen molar-refractivity contribution in [3.8, 4) is 0 Å². The minimum Gasteiger partial charge on any atom is -0.340 e. The molecule has 1 rings (SSSR count). The zero-order chi connectivity index (χ0) is 9.14. The van der Waals surface area contributed by atoms with Gasteiger partial charge in [-0.3, -0.25) is 0 Å². The minimum atomic E-state index is -0.861. The zero-order valence-corrected chi connectivity index (χ0v) is 5.28. The van der Waals surface area contributed by atoms with Crippen molar-refractivity contribution >= 4 is 0 Å². The molecule has 3 heteroatoms. The Kier molecular flexibility index (Phi) is 0.987. The average Bonchev–Trinajstić information content (AvgIpc) is 2.35. The van der Waals surface area contributed by atoms with Crippen molar-refractivity contribution in [3.05, 3.63) is 18.2 Å². The van der Waals surface area contributed by atoms with Crippen molar-refractivity contribution in [2.75, 3.05) is 6.52 Å². The molecule has 0 aliphatic rings. The predicted molar refractivity (Wildman–Crippen MR) is 36.0 cm³/mol. The van der Waals surface area contributed by atoms with E-state index in [1.54, 1.807) is 17.1 Å². The number of imidazole rings is 1. The number of hydrogen-bond acceptors (Lipinski definition) is 2. The first-order valence-corrected chi connectivity index (χ1v) is 2.75. The average molecular weight is 128 g/mol. The summed E-state index contributed by atoms with van der Waals surface area (Å²) in [6, 6.07) is 0. The molecule has 0 fully saturated rings. The van der Waals surface area contributed by atoms with Gasteiger partial charge in [0.1, 0.15) is 2.82 Å². The highest BCUT2D eigenvalue weighted by atomic mass is 15.0. The first-order valence-electron chi connectivity index (χ1n) is 4.23. The maximum Gasteiger partial charge on any atom is 0.118 e. The van der Waals surface area contributed by atoms with Gasteiger partial charge in [-0.25, -0.2) is 4.98 Å². The molecule has 2 N–H and O–H groups in total. The van der Waals surface area contributed by atoms with Gasteiger partial charge in [-0.2, -0.15) is 0 Å². The molecule has 0 radical (unpaired) electrons. The lowest BCUT2D eigenvalue weighted by Crippen LogP contribution is -2.02. The van der Waals surface area contributed by atoms with Crippen LogP contribution < -0.4 is 5.72 Å². The SMILES string of the molecule is [2H]C(Cc1cn(C)cn1)N([2H])[2H]. The second-order valence-electron chi connectivity index (χ2n) is 1.92. The van der Waals surface area contributed by atoms with E-state index in [-0.39, 0.29) is 0 Å². The molecule has 0 aliphatic heterocycles.